The fourth-order valence-corrected chi connectivity index (χ4v) is 0.950. The van der Waals surface area contributed by atoms with E-state index in [0.29, 0.717) is 0 Å². The molecule has 14 heavy (non-hydrogen) atoms. The molecule has 76 valence electrons. The van der Waals surface area contributed by atoms with Crippen molar-refractivity contribution in [2.75, 3.05) is 13.7 Å². The molecule has 0 aliphatic heterocycles. The van der Waals surface area contributed by atoms with Crippen LogP contribution in [0.1, 0.15) is 12.5 Å². The summed E-state index contributed by atoms with van der Waals surface area (Å²) >= 11 is 0. The number of hydrogen-bond acceptors (Lipinski definition) is 3. The first-order valence-electron chi connectivity index (χ1n) is 4.54. The highest BCUT2D eigenvalue weighted by molar-refractivity contribution is 5.79. The van der Waals surface area contributed by atoms with Gasteiger partial charge >= 0.3 is 0 Å². The Bertz CT molecular complexity index is 293. The van der Waals surface area contributed by atoms with Gasteiger partial charge in [0.05, 0.1) is 19.8 Å². The van der Waals surface area contributed by atoms with Crippen LogP contribution in [0.15, 0.2) is 29.3 Å². The summed E-state index contributed by atoms with van der Waals surface area (Å²) in [4.78, 5) is 4.15. The van der Waals surface area contributed by atoms with Gasteiger partial charge in [0.1, 0.15) is 5.75 Å². The number of ether oxygens (including phenoxy) is 1. The molecule has 3 nitrogen and oxygen atoms in total. The van der Waals surface area contributed by atoms with Gasteiger partial charge in [0.25, 0.3) is 0 Å². The number of benzene rings is 1. The van der Waals surface area contributed by atoms with Crippen LogP contribution in [0.5, 0.6) is 5.75 Å². The minimum atomic E-state index is -0.0444. The normalized spacial score (nSPS) is 13.1. The Morgan fingerprint density at radius 3 is 2.57 bits per heavy atom. The molecule has 1 N–H and O–H groups in total. The largest absolute Gasteiger partial charge is 0.497 e. The number of hydrogen-bond donors (Lipinski definition) is 1. The van der Waals surface area contributed by atoms with Crippen molar-refractivity contribution in [2.24, 2.45) is 4.99 Å². The highest BCUT2D eigenvalue weighted by Gasteiger charge is 1.94. The topological polar surface area (TPSA) is 41.8 Å². The third-order valence-electron chi connectivity index (χ3n) is 1.86. The van der Waals surface area contributed by atoms with Crippen LogP contribution < -0.4 is 4.74 Å². The van der Waals surface area contributed by atoms with Crippen LogP contribution in [0.3, 0.4) is 0 Å². The second kappa shape index (κ2) is 5.40. The van der Waals surface area contributed by atoms with Gasteiger partial charge in [-0.3, -0.25) is 4.99 Å². The molecule has 0 aliphatic rings. The molecular weight excluding hydrogens is 178 g/mol. The molecule has 0 fully saturated rings. The van der Waals surface area contributed by atoms with Gasteiger partial charge in [-0.2, -0.15) is 0 Å². The molecule has 0 aliphatic carbocycles. The number of aliphatic hydroxyl groups is 1. The molecule has 3 heteroatoms. The fourth-order valence-electron chi connectivity index (χ4n) is 0.950. The lowest BCUT2D eigenvalue weighted by Gasteiger charge is -2.01. The fraction of sp³-hybridized carbons (Fsp3) is 0.364. The van der Waals surface area contributed by atoms with E-state index in [0.717, 1.165) is 11.3 Å². The van der Waals surface area contributed by atoms with Crippen LogP contribution in [0, 0.1) is 0 Å². The standard InChI is InChI=1S/C11H15NO2/c1-9(8-13)12-7-10-3-5-11(14-2)6-4-10/h3-7,9,13H,8H2,1-2H3/b12-7+. The quantitative estimate of drug-likeness (QED) is 0.736. The molecule has 0 saturated heterocycles. The van der Waals surface area contributed by atoms with E-state index in [9.17, 15) is 0 Å². The van der Waals surface area contributed by atoms with Crippen LogP contribution in [0.25, 0.3) is 0 Å². The molecule has 0 spiro atoms. The second-order valence-corrected chi connectivity index (χ2v) is 3.08. The van der Waals surface area contributed by atoms with Crippen molar-refractivity contribution >= 4 is 6.21 Å². The van der Waals surface area contributed by atoms with Crippen LogP contribution in [0.4, 0.5) is 0 Å². The minimum absolute atomic E-state index is 0.0444. The van der Waals surface area contributed by atoms with Crippen molar-refractivity contribution in [3.8, 4) is 5.75 Å². The van der Waals surface area contributed by atoms with Crippen molar-refractivity contribution in [1.82, 2.24) is 0 Å². The monoisotopic (exact) mass is 193 g/mol. The SMILES string of the molecule is COc1ccc(/C=N/C(C)CO)cc1. The zero-order valence-electron chi connectivity index (χ0n) is 8.47. The van der Waals surface area contributed by atoms with Crippen molar-refractivity contribution < 1.29 is 9.84 Å². The Balaban J connectivity index is 2.64. The van der Waals surface area contributed by atoms with E-state index in [4.69, 9.17) is 9.84 Å². The summed E-state index contributed by atoms with van der Waals surface area (Å²) in [5, 5.41) is 8.76. The van der Waals surface area contributed by atoms with Crippen LogP contribution in [0.2, 0.25) is 0 Å². The molecule has 0 aromatic heterocycles. The first kappa shape index (κ1) is 10.7. The molecule has 0 heterocycles. The zero-order chi connectivity index (χ0) is 10.4. The average Bonchev–Trinajstić information content (AvgIpc) is 2.26. The van der Waals surface area contributed by atoms with Crippen LogP contribution >= 0.6 is 0 Å². The van der Waals surface area contributed by atoms with Gasteiger partial charge in [0.15, 0.2) is 0 Å². The minimum Gasteiger partial charge on any atom is -0.497 e. The molecule has 0 saturated carbocycles. The van der Waals surface area contributed by atoms with Gasteiger partial charge in [0.2, 0.25) is 0 Å². The van der Waals surface area contributed by atoms with E-state index < -0.39 is 0 Å². The lowest BCUT2D eigenvalue weighted by atomic mass is 10.2. The van der Waals surface area contributed by atoms with Gasteiger partial charge in [0, 0.05) is 6.21 Å². The third-order valence-corrected chi connectivity index (χ3v) is 1.86. The maximum Gasteiger partial charge on any atom is 0.118 e. The molecule has 1 rings (SSSR count). The van der Waals surface area contributed by atoms with Crippen molar-refractivity contribution in [1.29, 1.82) is 0 Å². The van der Waals surface area contributed by atoms with Crippen LogP contribution in [-0.4, -0.2) is 31.1 Å². The lowest BCUT2D eigenvalue weighted by molar-refractivity contribution is 0.275. The predicted octanol–water partition coefficient (Wildman–Crippen LogP) is 1.49. The van der Waals surface area contributed by atoms with E-state index in [1.54, 1.807) is 13.3 Å². The Labute approximate surface area is 84.1 Å². The van der Waals surface area contributed by atoms with Gasteiger partial charge < -0.3 is 9.84 Å². The predicted molar refractivity (Wildman–Crippen MR) is 57.1 cm³/mol. The van der Waals surface area contributed by atoms with E-state index in [1.807, 2.05) is 31.2 Å². The summed E-state index contributed by atoms with van der Waals surface area (Å²) in [7, 11) is 1.64. The van der Waals surface area contributed by atoms with Gasteiger partial charge in [-0.05, 0) is 36.8 Å². The average molecular weight is 193 g/mol. The van der Waals surface area contributed by atoms with Gasteiger partial charge in [-0.25, -0.2) is 0 Å². The van der Waals surface area contributed by atoms with E-state index >= 15 is 0 Å². The van der Waals surface area contributed by atoms with Gasteiger partial charge in [-0.15, -0.1) is 0 Å². The smallest absolute Gasteiger partial charge is 0.118 e. The molecule has 1 unspecified atom stereocenters. The molecule has 0 bridgehead atoms. The summed E-state index contributed by atoms with van der Waals surface area (Å²) in [6.07, 6.45) is 1.75. The maximum absolute atomic E-state index is 8.76. The number of aliphatic imine (C=N–C) groups is 1. The summed E-state index contributed by atoms with van der Waals surface area (Å²) in [6.45, 7) is 1.94. The first-order chi connectivity index (χ1) is 6.76. The van der Waals surface area contributed by atoms with E-state index in [-0.39, 0.29) is 12.6 Å². The highest BCUT2D eigenvalue weighted by Crippen LogP contribution is 2.09. The number of aliphatic hydroxyl groups excluding tert-OH is 1. The summed E-state index contributed by atoms with van der Waals surface area (Å²) in [5.41, 5.74) is 1.01. The Hall–Kier alpha value is -1.35. The molecule has 1 atom stereocenters. The van der Waals surface area contributed by atoms with E-state index in [1.165, 1.54) is 0 Å². The third kappa shape index (κ3) is 3.18. The van der Waals surface area contributed by atoms with E-state index in [2.05, 4.69) is 4.99 Å². The molecule has 1 aromatic carbocycles. The van der Waals surface area contributed by atoms with Gasteiger partial charge in [-0.1, -0.05) is 0 Å². The van der Waals surface area contributed by atoms with Crippen LogP contribution in [-0.2, 0) is 0 Å². The maximum atomic E-state index is 8.76. The highest BCUT2D eigenvalue weighted by atomic mass is 16.5. The van der Waals surface area contributed by atoms with Crippen molar-refractivity contribution in [3.63, 3.8) is 0 Å². The molecule has 0 radical (unpaired) electrons. The lowest BCUT2D eigenvalue weighted by Crippen LogP contribution is -2.03. The number of methoxy groups -OCH3 is 1. The Kier molecular flexibility index (Phi) is 4.13. The number of rotatable bonds is 4. The molecule has 0 amide bonds. The van der Waals surface area contributed by atoms with Crippen molar-refractivity contribution in [2.45, 2.75) is 13.0 Å². The molecule has 1 aromatic rings. The Morgan fingerprint density at radius 2 is 2.07 bits per heavy atom. The zero-order valence-corrected chi connectivity index (χ0v) is 8.47. The molecular formula is C11H15NO2. The summed E-state index contributed by atoms with van der Waals surface area (Å²) in [6, 6.07) is 7.56. The van der Waals surface area contributed by atoms with Crippen molar-refractivity contribution in [3.05, 3.63) is 29.8 Å². The summed E-state index contributed by atoms with van der Waals surface area (Å²) < 4.78 is 5.03. The Morgan fingerprint density at radius 1 is 1.43 bits per heavy atom. The first-order valence-corrected chi connectivity index (χ1v) is 4.54. The number of nitrogens with zero attached hydrogens (tertiary/aromatic N) is 1. The second-order valence-electron chi connectivity index (χ2n) is 3.08. The summed E-state index contributed by atoms with van der Waals surface area (Å²) in [5.74, 6) is 0.831.